The van der Waals surface area contributed by atoms with E-state index in [2.05, 4.69) is 15.9 Å². The number of halogens is 2. The first-order chi connectivity index (χ1) is 8.08. The van der Waals surface area contributed by atoms with E-state index in [4.69, 9.17) is 5.73 Å². The van der Waals surface area contributed by atoms with E-state index in [1.807, 2.05) is 30.0 Å². The van der Waals surface area contributed by atoms with Crippen LogP contribution in [0.2, 0.25) is 0 Å². The van der Waals surface area contributed by atoms with Crippen LogP contribution < -0.4 is 5.73 Å². The van der Waals surface area contributed by atoms with Gasteiger partial charge in [0, 0.05) is 29.2 Å². The molecule has 0 saturated carbocycles. The van der Waals surface area contributed by atoms with Crippen molar-refractivity contribution < 1.29 is 4.79 Å². The number of hydrogen-bond donors (Lipinski definition) is 1. The van der Waals surface area contributed by atoms with Crippen LogP contribution in [0.15, 0.2) is 22.7 Å². The molecule has 1 fully saturated rings. The third-order valence-corrected chi connectivity index (χ3v) is 3.67. The smallest absolute Gasteiger partial charge is 0.254 e. The summed E-state index contributed by atoms with van der Waals surface area (Å²) in [4.78, 5) is 14.2. The first-order valence-electron chi connectivity index (χ1n) is 5.89. The number of piperidine rings is 1. The lowest BCUT2D eigenvalue weighted by Gasteiger charge is -2.31. The predicted octanol–water partition coefficient (Wildman–Crippen LogP) is 2.74. The highest BCUT2D eigenvalue weighted by atomic mass is 79.9. The molecule has 0 spiro atoms. The molecule has 0 aliphatic carbocycles. The minimum absolute atomic E-state index is 0. The molecule has 1 aromatic rings. The molecule has 1 amide bonds. The number of nitrogens with zero attached hydrogens (tertiary/aromatic N) is 1. The van der Waals surface area contributed by atoms with E-state index < -0.39 is 0 Å². The molecule has 1 atom stereocenters. The van der Waals surface area contributed by atoms with Gasteiger partial charge in [0.25, 0.3) is 5.91 Å². The average Bonchev–Trinajstić information content (AvgIpc) is 2.31. The molecule has 2 N–H and O–H groups in total. The van der Waals surface area contributed by atoms with Crippen molar-refractivity contribution in [3.63, 3.8) is 0 Å². The van der Waals surface area contributed by atoms with Gasteiger partial charge in [-0.15, -0.1) is 12.4 Å². The van der Waals surface area contributed by atoms with Crippen LogP contribution in [0.3, 0.4) is 0 Å². The fourth-order valence-corrected chi connectivity index (χ4v) is 2.55. The summed E-state index contributed by atoms with van der Waals surface area (Å²) in [7, 11) is 0. The van der Waals surface area contributed by atoms with Gasteiger partial charge in [0.05, 0.1) is 0 Å². The van der Waals surface area contributed by atoms with Crippen LogP contribution in [-0.4, -0.2) is 29.9 Å². The topological polar surface area (TPSA) is 46.3 Å². The van der Waals surface area contributed by atoms with E-state index in [0.717, 1.165) is 35.0 Å². The predicted molar refractivity (Wildman–Crippen MR) is 79.2 cm³/mol. The van der Waals surface area contributed by atoms with Gasteiger partial charge in [-0.2, -0.15) is 0 Å². The molecule has 100 valence electrons. The fraction of sp³-hybridized carbons (Fsp3) is 0.462. The Labute approximate surface area is 122 Å². The standard InChI is InChI=1S/C13H17BrN2O.ClH/c1-9-4-5-10(14)7-12(9)13(17)16-6-2-3-11(15)8-16;/h4-5,7,11H,2-3,6,8,15H2,1H3;1H/t11-;/m1./s1. The van der Waals surface area contributed by atoms with Gasteiger partial charge in [0.15, 0.2) is 0 Å². The van der Waals surface area contributed by atoms with E-state index in [1.54, 1.807) is 0 Å². The molecule has 0 unspecified atom stereocenters. The molecule has 18 heavy (non-hydrogen) atoms. The summed E-state index contributed by atoms with van der Waals surface area (Å²) in [5.74, 6) is 0.0963. The Balaban J connectivity index is 0.00000162. The number of benzene rings is 1. The van der Waals surface area contributed by atoms with Gasteiger partial charge >= 0.3 is 0 Å². The lowest BCUT2D eigenvalue weighted by molar-refractivity contribution is 0.0708. The minimum Gasteiger partial charge on any atom is -0.337 e. The van der Waals surface area contributed by atoms with Crippen molar-refractivity contribution in [2.45, 2.75) is 25.8 Å². The summed E-state index contributed by atoms with van der Waals surface area (Å²) in [5, 5.41) is 0. The maximum Gasteiger partial charge on any atom is 0.254 e. The van der Waals surface area contributed by atoms with Crippen LogP contribution in [0.1, 0.15) is 28.8 Å². The molecule has 0 aromatic heterocycles. The van der Waals surface area contributed by atoms with Crippen molar-refractivity contribution in [1.29, 1.82) is 0 Å². The molecule has 1 aliphatic rings. The van der Waals surface area contributed by atoms with Gasteiger partial charge < -0.3 is 10.6 Å². The largest absolute Gasteiger partial charge is 0.337 e. The van der Waals surface area contributed by atoms with E-state index in [9.17, 15) is 4.79 Å². The van der Waals surface area contributed by atoms with E-state index in [1.165, 1.54) is 0 Å². The molecule has 1 heterocycles. The zero-order valence-electron chi connectivity index (χ0n) is 10.4. The van der Waals surface area contributed by atoms with Crippen LogP contribution in [-0.2, 0) is 0 Å². The zero-order valence-corrected chi connectivity index (χ0v) is 12.8. The Hall–Kier alpha value is -0.580. The molecule has 2 rings (SSSR count). The van der Waals surface area contributed by atoms with Crippen LogP contribution >= 0.6 is 28.3 Å². The number of nitrogens with two attached hydrogens (primary N) is 1. The van der Waals surface area contributed by atoms with E-state index in [-0.39, 0.29) is 24.4 Å². The van der Waals surface area contributed by atoms with E-state index >= 15 is 0 Å². The van der Waals surface area contributed by atoms with Crippen LogP contribution in [0.25, 0.3) is 0 Å². The SMILES string of the molecule is Cc1ccc(Br)cc1C(=O)N1CCC[C@@H](N)C1.Cl. The third kappa shape index (κ3) is 3.46. The quantitative estimate of drug-likeness (QED) is 0.859. The van der Waals surface area contributed by atoms with Crippen molar-refractivity contribution in [1.82, 2.24) is 4.90 Å². The highest BCUT2D eigenvalue weighted by Gasteiger charge is 2.23. The normalized spacial score (nSPS) is 19.3. The number of likely N-dealkylation sites (tertiary alicyclic amines) is 1. The van der Waals surface area contributed by atoms with Crippen molar-refractivity contribution in [2.24, 2.45) is 5.73 Å². The molecule has 1 aliphatic heterocycles. The van der Waals surface area contributed by atoms with Crippen molar-refractivity contribution >= 4 is 34.2 Å². The van der Waals surface area contributed by atoms with Gasteiger partial charge in [0.1, 0.15) is 0 Å². The maximum atomic E-state index is 12.4. The summed E-state index contributed by atoms with van der Waals surface area (Å²) in [6.07, 6.45) is 2.02. The van der Waals surface area contributed by atoms with Crippen LogP contribution in [0.4, 0.5) is 0 Å². The zero-order chi connectivity index (χ0) is 12.4. The van der Waals surface area contributed by atoms with Crippen molar-refractivity contribution in [3.8, 4) is 0 Å². The number of rotatable bonds is 1. The van der Waals surface area contributed by atoms with Gasteiger partial charge in [-0.1, -0.05) is 22.0 Å². The average molecular weight is 334 g/mol. The number of aryl methyl sites for hydroxylation is 1. The first kappa shape index (κ1) is 15.5. The highest BCUT2D eigenvalue weighted by molar-refractivity contribution is 9.10. The monoisotopic (exact) mass is 332 g/mol. The Morgan fingerprint density at radius 1 is 1.50 bits per heavy atom. The molecular weight excluding hydrogens is 316 g/mol. The molecule has 0 bridgehead atoms. The number of hydrogen-bond acceptors (Lipinski definition) is 2. The van der Waals surface area contributed by atoms with Crippen molar-refractivity contribution in [3.05, 3.63) is 33.8 Å². The van der Waals surface area contributed by atoms with Gasteiger partial charge in [-0.25, -0.2) is 0 Å². The lowest BCUT2D eigenvalue weighted by atomic mass is 10.0. The minimum atomic E-state index is 0. The lowest BCUT2D eigenvalue weighted by Crippen LogP contribution is -2.45. The summed E-state index contributed by atoms with van der Waals surface area (Å²) in [5.41, 5.74) is 7.69. The summed E-state index contributed by atoms with van der Waals surface area (Å²) in [6.45, 7) is 3.45. The number of carbonyl (C=O) groups is 1. The molecular formula is C13H18BrClN2O. The maximum absolute atomic E-state index is 12.4. The van der Waals surface area contributed by atoms with Gasteiger partial charge in [-0.05, 0) is 37.5 Å². The number of carbonyl (C=O) groups excluding carboxylic acids is 1. The molecule has 0 radical (unpaired) electrons. The second-order valence-corrected chi connectivity index (χ2v) is 5.53. The Morgan fingerprint density at radius 3 is 2.89 bits per heavy atom. The van der Waals surface area contributed by atoms with Crippen molar-refractivity contribution in [2.75, 3.05) is 13.1 Å². The Bertz CT molecular complexity index is 439. The summed E-state index contributed by atoms with van der Waals surface area (Å²) >= 11 is 3.41. The van der Waals surface area contributed by atoms with Crippen LogP contribution in [0.5, 0.6) is 0 Å². The fourth-order valence-electron chi connectivity index (χ4n) is 2.19. The van der Waals surface area contributed by atoms with Gasteiger partial charge in [0.2, 0.25) is 0 Å². The first-order valence-corrected chi connectivity index (χ1v) is 6.68. The number of amides is 1. The summed E-state index contributed by atoms with van der Waals surface area (Å²) < 4.78 is 0.938. The molecule has 3 nitrogen and oxygen atoms in total. The third-order valence-electron chi connectivity index (χ3n) is 3.18. The van der Waals surface area contributed by atoms with Crippen LogP contribution in [0, 0.1) is 6.92 Å². The molecule has 1 aromatic carbocycles. The highest BCUT2D eigenvalue weighted by Crippen LogP contribution is 2.19. The molecule has 1 saturated heterocycles. The second kappa shape index (κ2) is 6.55. The van der Waals surface area contributed by atoms with Gasteiger partial charge in [-0.3, -0.25) is 4.79 Å². The summed E-state index contributed by atoms with van der Waals surface area (Å²) in [6, 6.07) is 5.92. The Morgan fingerprint density at radius 2 is 2.22 bits per heavy atom. The van der Waals surface area contributed by atoms with E-state index in [0.29, 0.717) is 6.54 Å². The molecule has 5 heteroatoms. The Kier molecular flexibility index (Phi) is 5.63. The second-order valence-electron chi connectivity index (χ2n) is 4.61.